The van der Waals surface area contributed by atoms with Gasteiger partial charge in [0.05, 0.1) is 22.3 Å². The molecule has 1 aliphatic rings. The number of carbonyl (C=O) groups excluding carboxylic acids is 1. The summed E-state index contributed by atoms with van der Waals surface area (Å²) in [5.74, 6) is -0.283. The average Bonchev–Trinajstić information content (AvgIpc) is 3.04. The third kappa shape index (κ3) is 5.91. The van der Waals surface area contributed by atoms with E-state index in [-0.39, 0.29) is 33.0 Å². The molecule has 216 valence electrons. The van der Waals surface area contributed by atoms with Crippen molar-refractivity contribution in [2.75, 3.05) is 15.7 Å². The first kappa shape index (κ1) is 29.0. The summed E-state index contributed by atoms with van der Waals surface area (Å²) in [6.07, 6.45) is 1.65. The zero-order chi connectivity index (χ0) is 30.0. The molecule has 0 saturated carbocycles. The highest BCUT2D eigenvalue weighted by Gasteiger charge is 2.31. The quantitative estimate of drug-likeness (QED) is 0.182. The summed E-state index contributed by atoms with van der Waals surface area (Å²) in [5, 5.41) is 0.304. The van der Waals surface area contributed by atoms with Gasteiger partial charge in [0.15, 0.2) is 0 Å². The summed E-state index contributed by atoms with van der Waals surface area (Å²) < 4.78 is 29.8. The molecule has 0 saturated heterocycles. The summed E-state index contributed by atoms with van der Waals surface area (Å²) in [4.78, 5) is 15.5. The second kappa shape index (κ2) is 12.3. The molecule has 0 spiro atoms. The van der Waals surface area contributed by atoms with Crippen molar-refractivity contribution in [2.24, 2.45) is 0 Å². The topological polar surface area (TPSA) is 57.7 Å². The van der Waals surface area contributed by atoms with Crippen LogP contribution in [0.25, 0.3) is 11.1 Å². The number of anilines is 2. The van der Waals surface area contributed by atoms with Crippen LogP contribution in [-0.4, -0.2) is 20.9 Å². The second-order valence-electron chi connectivity index (χ2n) is 10.4. The fraction of sp³-hybridized carbons (Fsp3) is 0.114. The Kier molecular flexibility index (Phi) is 8.26. The summed E-state index contributed by atoms with van der Waals surface area (Å²) in [6.45, 7) is 0.561. The van der Waals surface area contributed by atoms with Gasteiger partial charge in [0, 0.05) is 17.8 Å². The highest BCUT2D eigenvalue weighted by atomic mass is 35.5. The number of para-hydroxylation sites is 1. The first-order valence-corrected chi connectivity index (χ1v) is 16.1. The van der Waals surface area contributed by atoms with Crippen molar-refractivity contribution in [2.45, 2.75) is 24.3 Å². The Labute approximate surface area is 262 Å². The van der Waals surface area contributed by atoms with E-state index in [2.05, 4.69) is 18.2 Å². The first-order valence-electron chi connectivity index (χ1n) is 13.9. The Balaban J connectivity index is 1.37. The third-order valence-electron chi connectivity index (χ3n) is 7.59. The van der Waals surface area contributed by atoms with Crippen LogP contribution in [0.4, 0.5) is 11.4 Å². The zero-order valence-corrected chi connectivity index (χ0v) is 25.5. The van der Waals surface area contributed by atoms with Crippen LogP contribution in [0.2, 0.25) is 10.0 Å². The maximum absolute atomic E-state index is 14.3. The number of sulfonamides is 1. The molecule has 0 atom stereocenters. The van der Waals surface area contributed by atoms with Crippen molar-refractivity contribution >= 4 is 50.5 Å². The van der Waals surface area contributed by atoms with Gasteiger partial charge in [0.1, 0.15) is 4.90 Å². The van der Waals surface area contributed by atoms with Crippen LogP contribution >= 0.6 is 23.2 Å². The molecule has 0 N–H and O–H groups in total. The van der Waals surface area contributed by atoms with Crippen LogP contribution in [0, 0.1) is 0 Å². The van der Waals surface area contributed by atoms with Crippen molar-refractivity contribution in [3.8, 4) is 11.1 Å². The maximum atomic E-state index is 14.3. The second-order valence-corrected chi connectivity index (χ2v) is 13.0. The van der Waals surface area contributed by atoms with Gasteiger partial charge >= 0.3 is 0 Å². The Bertz CT molecular complexity index is 1900. The van der Waals surface area contributed by atoms with E-state index in [1.54, 1.807) is 35.2 Å². The molecule has 5 nitrogen and oxygen atoms in total. The predicted molar refractivity (Wildman–Crippen MR) is 175 cm³/mol. The predicted octanol–water partition coefficient (Wildman–Crippen LogP) is 8.65. The molecule has 1 amide bonds. The number of hydrogen-bond acceptors (Lipinski definition) is 3. The molecule has 0 fully saturated rings. The van der Waals surface area contributed by atoms with Crippen molar-refractivity contribution in [1.29, 1.82) is 0 Å². The number of benzene rings is 5. The molecule has 0 aliphatic carbocycles. The van der Waals surface area contributed by atoms with Gasteiger partial charge in [-0.3, -0.25) is 9.10 Å². The molecule has 5 aromatic carbocycles. The Morgan fingerprint density at radius 1 is 0.744 bits per heavy atom. The molecule has 0 bridgehead atoms. The molecule has 5 aromatic rings. The molecule has 1 aliphatic heterocycles. The average molecular weight is 628 g/mol. The molecule has 6 rings (SSSR count). The smallest absolute Gasteiger partial charge is 0.266 e. The molecule has 43 heavy (non-hydrogen) atoms. The number of amides is 1. The lowest BCUT2D eigenvalue weighted by molar-refractivity contribution is 0.0985. The maximum Gasteiger partial charge on any atom is 0.266 e. The lowest BCUT2D eigenvalue weighted by atomic mass is 9.95. The summed E-state index contributed by atoms with van der Waals surface area (Å²) >= 11 is 13.0. The van der Waals surface area contributed by atoms with Crippen LogP contribution in [0.5, 0.6) is 0 Å². The van der Waals surface area contributed by atoms with E-state index in [0.29, 0.717) is 12.2 Å². The number of fused-ring (bicyclic) bond motifs is 1. The lowest BCUT2D eigenvalue weighted by Gasteiger charge is -2.30. The summed E-state index contributed by atoms with van der Waals surface area (Å²) in [5.41, 5.74) is 5.44. The molecular formula is C35H28Cl2N2O3S. The van der Waals surface area contributed by atoms with Gasteiger partial charge in [-0.1, -0.05) is 102 Å². The molecule has 8 heteroatoms. The van der Waals surface area contributed by atoms with Gasteiger partial charge in [0.25, 0.3) is 15.9 Å². The van der Waals surface area contributed by atoms with Gasteiger partial charge in [-0.15, -0.1) is 0 Å². The number of halogens is 2. The number of nitrogens with zero attached hydrogens (tertiary/aromatic N) is 2. The third-order valence-corrected chi connectivity index (χ3v) is 10.1. The van der Waals surface area contributed by atoms with E-state index in [1.165, 1.54) is 16.4 Å². The van der Waals surface area contributed by atoms with Gasteiger partial charge in [-0.05, 0) is 77.6 Å². The van der Waals surface area contributed by atoms with E-state index in [1.807, 2.05) is 60.7 Å². The fourth-order valence-electron chi connectivity index (χ4n) is 5.43. The fourth-order valence-corrected chi connectivity index (χ4v) is 7.69. The van der Waals surface area contributed by atoms with E-state index >= 15 is 0 Å². The van der Waals surface area contributed by atoms with Crippen LogP contribution in [0.1, 0.15) is 27.9 Å². The van der Waals surface area contributed by atoms with Crippen molar-refractivity contribution in [3.63, 3.8) is 0 Å². The van der Waals surface area contributed by atoms with Crippen molar-refractivity contribution < 1.29 is 13.2 Å². The van der Waals surface area contributed by atoms with E-state index < -0.39 is 10.0 Å². The van der Waals surface area contributed by atoms with Crippen molar-refractivity contribution in [3.05, 3.63) is 148 Å². The van der Waals surface area contributed by atoms with Crippen molar-refractivity contribution in [1.82, 2.24) is 0 Å². The standard InChI is InChI=1S/C35H28Cl2N2O3S/c36-30-15-7-8-16-33(30)39(24-25-10-3-1-4-11-25)43(41,42)34-23-29(17-19-31(34)37)35(40)38-21-9-14-28-22-27(18-20-32(28)38)26-12-5-2-6-13-26/h1-8,10-13,15-20,22-23H,9,14,21,24H2. The molecule has 0 unspecified atom stereocenters. The van der Waals surface area contributed by atoms with Gasteiger partial charge in [-0.25, -0.2) is 8.42 Å². The van der Waals surface area contributed by atoms with Gasteiger partial charge in [0.2, 0.25) is 0 Å². The highest BCUT2D eigenvalue weighted by Crippen LogP contribution is 2.36. The molecule has 1 heterocycles. The van der Waals surface area contributed by atoms with Crippen LogP contribution in [0.3, 0.4) is 0 Å². The number of hydrogen-bond donors (Lipinski definition) is 0. The lowest BCUT2D eigenvalue weighted by Crippen LogP contribution is -2.36. The van der Waals surface area contributed by atoms with Gasteiger partial charge < -0.3 is 4.90 Å². The minimum atomic E-state index is -4.24. The minimum Gasteiger partial charge on any atom is -0.308 e. The first-order chi connectivity index (χ1) is 20.8. The minimum absolute atomic E-state index is 0.0215. The molecule has 0 aromatic heterocycles. The Morgan fingerprint density at radius 2 is 1.44 bits per heavy atom. The van der Waals surface area contributed by atoms with E-state index in [0.717, 1.165) is 40.8 Å². The largest absolute Gasteiger partial charge is 0.308 e. The van der Waals surface area contributed by atoms with Crippen LogP contribution < -0.4 is 9.21 Å². The zero-order valence-electron chi connectivity index (χ0n) is 23.2. The summed E-state index contributed by atoms with van der Waals surface area (Å²) in [7, 11) is -4.24. The number of rotatable bonds is 7. The van der Waals surface area contributed by atoms with E-state index in [4.69, 9.17) is 23.2 Å². The molecular weight excluding hydrogens is 599 g/mol. The number of aryl methyl sites for hydroxylation is 1. The normalized spacial score (nSPS) is 12.9. The molecule has 0 radical (unpaired) electrons. The Morgan fingerprint density at radius 3 is 2.19 bits per heavy atom. The SMILES string of the molecule is O=C(c1ccc(Cl)c(S(=O)(=O)N(Cc2ccccc2)c2ccccc2Cl)c1)N1CCCc2cc(-c3ccccc3)ccc21. The monoisotopic (exact) mass is 626 g/mol. The number of carbonyl (C=O) groups is 1. The summed E-state index contributed by atoms with van der Waals surface area (Å²) in [6, 6.07) is 36.7. The van der Waals surface area contributed by atoms with Crippen LogP contribution in [-0.2, 0) is 23.0 Å². The van der Waals surface area contributed by atoms with Gasteiger partial charge in [-0.2, -0.15) is 0 Å². The van der Waals surface area contributed by atoms with Crippen LogP contribution in [0.15, 0.2) is 126 Å². The Hall–Kier alpha value is -4.10. The highest BCUT2D eigenvalue weighted by molar-refractivity contribution is 7.93. The van der Waals surface area contributed by atoms with E-state index in [9.17, 15) is 13.2 Å².